The number of carbonyl (C=O) groups excluding carboxylic acids is 1. The topological polar surface area (TPSA) is 32.3 Å². The third-order valence-corrected chi connectivity index (χ3v) is 5.12. The van der Waals surface area contributed by atoms with Crippen LogP contribution in [-0.4, -0.2) is 24.7 Å². The zero-order chi connectivity index (χ0) is 15.4. The number of hydrogen-bond donors (Lipinski definition) is 1. The van der Waals surface area contributed by atoms with Crippen molar-refractivity contribution in [1.29, 1.82) is 0 Å². The van der Waals surface area contributed by atoms with Gasteiger partial charge in [0, 0.05) is 21.6 Å². The fraction of sp³-hybridized carbons (Fsp3) is 0.235. The second-order valence-corrected chi connectivity index (χ2v) is 7.20. The van der Waals surface area contributed by atoms with E-state index in [4.69, 9.17) is 0 Å². The highest BCUT2D eigenvalue weighted by molar-refractivity contribution is 9.10. The van der Waals surface area contributed by atoms with Gasteiger partial charge in [-0.05, 0) is 42.5 Å². The van der Waals surface area contributed by atoms with Crippen LogP contribution in [0.5, 0.6) is 0 Å². The summed E-state index contributed by atoms with van der Waals surface area (Å²) in [7, 11) is 0. The number of nitrogens with one attached hydrogen (secondary N) is 1. The first-order valence-electron chi connectivity index (χ1n) is 7.24. The molecule has 1 aliphatic rings. The average molecular weight is 377 g/mol. The quantitative estimate of drug-likeness (QED) is 0.861. The summed E-state index contributed by atoms with van der Waals surface area (Å²) < 4.78 is 0.960. The van der Waals surface area contributed by atoms with Crippen molar-refractivity contribution in [3.63, 3.8) is 0 Å². The van der Waals surface area contributed by atoms with Crippen LogP contribution in [0, 0.1) is 0 Å². The van der Waals surface area contributed by atoms with E-state index in [1.807, 2.05) is 42.1 Å². The van der Waals surface area contributed by atoms with E-state index < -0.39 is 0 Å². The molecule has 0 unspecified atom stereocenters. The second-order valence-electron chi connectivity index (χ2n) is 5.15. The summed E-state index contributed by atoms with van der Waals surface area (Å²) in [6.45, 7) is 1.29. The number of hydrogen-bond acceptors (Lipinski definition) is 3. The number of thioether (sulfide) groups is 1. The first-order valence-corrected chi connectivity index (χ1v) is 9.02. The van der Waals surface area contributed by atoms with E-state index in [-0.39, 0.29) is 5.91 Å². The Morgan fingerprint density at radius 1 is 1.23 bits per heavy atom. The van der Waals surface area contributed by atoms with Gasteiger partial charge in [-0.1, -0.05) is 34.1 Å². The predicted octanol–water partition coefficient (Wildman–Crippen LogP) is 4.39. The Bertz CT molecular complexity index is 677. The summed E-state index contributed by atoms with van der Waals surface area (Å²) in [6, 6.07) is 16.0. The lowest BCUT2D eigenvalue weighted by atomic mass is 10.2. The summed E-state index contributed by atoms with van der Waals surface area (Å²) >= 11 is 5.28. The van der Waals surface area contributed by atoms with Gasteiger partial charge in [0.1, 0.15) is 0 Å². The predicted molar refractivity (Wildman–Crippen MR) is 96.8 cm³/mol. The molecule has 1 heterocycles. The van der Waals surface area contributed by atoms with Gasteiger partial charge in [0.2, 0.25) is 5.91 Å². The van der Waals surface area contributed by atoms with Crippen LogP contribution in [0.1, 0.15) is 6.42 Å². The molecule has 3 nitrogen and oxygen atoms in total. The molecule has 22 heavy (non-hydrogen) atoms. The number of nitrogens with zero attached hydrogens (tertiary/aromatic N) is 1. The molecular formula is C17H17BrN2OS. The molecule has 2 aromatic carbocycles. The number of para-hydroxylation sites is 1. The monoisotopic (exact) mass is 376 g/mol. The third-order valence-electron chi connectivity index (χ3n) is 3.48. The molecule has 0 fully saturated rings. The van der Waals surface area contributed by atoms with Crippen LogP contribution >= 0.6 is 27.7 Å². The minimum Gasteiger partial charge on any atom is -0.361 e. The molecule has 114 valence electrons. The zero-order valence-corrected chi connectivity index (χ0v) is 14.5. The molecular weight excluding hydrogens is 360 g/mol. The van der Waals surface area contributed by atoms with Crippen molar-refractivity contribution < 1.29 is 4.79 Å². The number of amides is 1. The Hall–Kier alpha value is -1.46. The summed E-state index contributed by atoms with van der Waals surface area (Å²) in [5.41, 5.74) is 1.98. The highest BCUT2D eigenvalue weighted by Gasteiger charge is 2.17. The minimum absolute atomic E-state index is 0.0137. The van der Waals surface area contributed by atoms with Crippen molar-refractivity contribution in [2.24, 2.45) is 0 Å². The van der Waals surface area contributed by atoms with Gasteiger partial charge in [-0.3, -0.25) is 4.79 Å². The van der Waals surface area contributed by atoms with E-state index in [0.717, 1.165) is 34.6 Å². The average Bonchev–Trinajstić information content (AvgIpc) is 2.70. The van der Waals surface area contributed by atoms with Crippen molar-refractivity contribution in [1.82, 2.24) is 0 Å². The minimum atomic E-state index is 0.0137. The van der Waals surface area contributed by atoms with Gasteiger partial charge in [0.25, 0.3) is 0 Å². The van der Waals surface area contributed by atoms with Crippen LogP contribution in [0.15, 0.2) is 57.9 Å². The first kappa shape index (κ1) is 15.4. The standard InChI is InChI=1S/C17H17BrN2OS/c18-13-5-3-6-14(11-13)19-17(21)12-20-9-4-10-22-16-8-2-1-7-15(16)20/h1-3,5-8,11H,4,9-10,12H2,(H,19,21). The molecule has 0 bridgehead atoms. The van der Waals surface area contributed by atoms with Gasteiger partial charge in [0.15, 0.2) is 0 Å². The zero-order valence-electron chi connectivity index (χ0n) is 12.1. The Labute approximate surface area is 143 Å². The number of carbonyl (C=O) groups is 1. The molecule has 0 saturated carbocycles. The molecule has 1 aliphatic heterocycles. The van der Waals surface area contributed by atoms with Crippen LogP contribution in [0.2, 0.25) is 0 Å². The maximum atomic E-state index is 12.3. The molecule has 0 spiro atoms. The summed E-state index contributed by atoms with van der Waals surface area (Å²) in [5.74, 6) is 1.11. The summed E-state index contributed by atoms with van der Waals surface area (Å²) in [5, 5.41) is 2.96. The number of benzene rings is 2. The maximum absolute atomic E-state index is 12.3. The molecule has 5 heteroatoms. The summed E-state index contributed by atoms with van der Waals surface area (Å²) in [4.78, 5) is 15.8. The number of fused-ring (bicyclic) bond motifs is 1. The molecule has 3 rings (SSSR count). The first-order chi connectivity index (χ1) is 10.7. The van der Waals surface area contributed by atoms with Gasteiger partial charge < -0.3 is 10.2 Å². The van der Waals surface area contributed by atoms with Crippen LogP contribution in [0.3, 0.4) is 0 Å². The largest absolute Gasteiger partial charge is 0.361 e. The van der Waals surface area contributed by atoms with E-state index >= 15 is 0 Å². The lowest BCUT2D eigenvalue weighted by molar-refractivity contribution is -0.115. The molecule has 0 radical (unpaired) electrons. The van der Waals surface area contributed by atoms with Gasteiger partial charge in [-0.15, -0.1) is 11.8 Å². The smallest absolute Gasteiger partial charge is 0.243 e. The number of halogens is 1. The molecule has 0 aliphatic carbocycles. The van der Waals surface area contributed by atoms with E-state index in [1.165, 1.54) is 4.90 Å². The fourth-order valence-electron chi connectivity index (χ4n) is 2.50. The van der Waals surface area contributed by atoms with Crippen LogP contribution in [0.25, 0.3) is 0 Å². The van der Waals surface area contributed by atoms with Gasteiger partial charge in [-0.2, -0.15) is 0 Å². The third kappa shape index (κ3) is 3.84. The van der Waals surface area contributed by atoms with Crippen molar-refractivity contribution in [2.45, 2.75) is 11.3 Å². The molecule has 0 saturated heterocycles. The SMILES string of the molecule is O=C(CN1CCCSc2ccccc21)Nc1cccc(Br)c1. The Morgan fingerprint density at radius 2 is 2.09 bits per heavy atom. The lowest BCUT2D eigenvalue weighted by Gasteiger charge is -2.23. The Morgan fingerprint density at radius 3 is 2.95 bits per heavy atom. The van der Waals surface area contributed by atoms with Crippen LogP contribution in [0.4, 0.5) is 11.4 Å². The molecule has 2 aromatic rings. The van der Waals surface area contributed by atoms with Gasteiger partial charge in [-0.25, -0.2) is 0 Å². The van der Waals surface area contributed by atoms with Crippen molar-refractivity contribution in [3.05, 3.63) is 53.0 Å². The van der Waals surface area contributed by atoms with E-state index in [9.17, 15) is 4.79 Å². The fourth-order valence-corrected chi connectivity index (χ4v) is 3.92. The van der Waals surface area contributed by atoms with Crippen molar-refractivity contribution in [3.8, 4) is 0 Å². The van der Waals surface area contributed by atoms with E-state index in [0.29, 0.717) is 6.54 Å². The second kappa shape index (κ2) is 7.20. The maximum Gasteiger partial charge on any atom is 0.243 e. The molecule has 0 atom stereocenters. The van der Waals surface area contributed by atoms with Crippen LogP contribution < -0.4 is 10.2 Å². The van der Waals surface area contributed by atoms with Crippen LogP contribution in [-0.2, 0) is 4.79 Å². The van der Waals surface area contributed by atoms with Gasteiger partial charge >= 0.3 is 0 Å². The molecule has 1 N–H and O–H groups in total. The Balaban J connectivity index is 1.71. The lowest BCUT2D eigenvalue weighted by Crippen LogP contribution is -2.34. The van der Waals surface area contributed by atoms with E-state index in [2.05, 4.69) is 44.3 Å². The molecule has 1 amide bonds. The Kier molecular flexibility index (Phi) is 5.05. The van der Waals surface area contributed by atoms with Gasteiger partial charge in [0.05, 0.1) is 12.2 Å². The number of rotatable bonds is 3. The number of anilines is 2. The van der Waals surface area contributed by atoms with Crippen molar-refractivity contribution >= 4 is 45.0 Å². The van der Waals surface area contributed by atoms with Crippen molar-refractivity contribution in [2.75, 3.05) is 29.1 Å². The highest BCUT2D eigenvalue weighted by Crippen LogP contribution is 2.33. The summed E-state index contributed by atoms with van der Waals surface area (Å²) in [6.07, 6.45) is 1.09. The highest BCUT2D eigenvalue weighted by atomic mass is 79.9. The van der Waals surface area contributed by atoms with E-state index in [1.54, 1.807) is 0 Å². The normalized spacial score (nSPS) is 14.1. The molecule has 0 aromatic heterocycles.